The first-order chi connectivity index (χ1) is 15.3. The molecule has 1 saturated heterocycles. The van der Waals surface area contributed by atoms with E-state index in [1.165, 1.54) is 16.1 Å². The van der Waals surface area contributed by atoms with Crippen LogP contribution in [0.25, 0.3) is 0 Å². The monoisotopic (exact) mass is 497 g/mol. The number of ether oxygens (including phenoxy) is 1. The van der Waals surface area contributed by atoms with E-state index in [9.17, 15) is 13.2 Å². The number of halogens is 1. The molecule has 0 unspecified atom stereocenters. The first-order valence-corrected chi connectivity index (χ1v) is 13.3. The minimum atomic E-state index is -3.67. The molecule has 3 rings (SSSR count). The zero-order valence-electron chi connectivity index (χ0n) is 18.2. The van der Waals surface area contributed by atoms with Gasteiger partial charge in [-0.2, -0.15) is 4.31 Å². The highest BCUT2D eigenvalue weighted by Gasteiger charge is 2.27. The predicted octanol–water partition coefficient (Wildman–Crippen LogP) is 3.94. The molecule has 1 amide bonds. The fraction of sp³-hybridized carbons (Fsp3) is 0.409. The lowest BCUT2D eigenvalue weighted by molar-refractivity contribution is -0.113. The molecule has 1 N–H and O–H groups in total. The predicted molar refractivity (Wildman–Crippen MR) is 130 cm³/mol. The van der Waals surface area contributed by atoms with Crippen molar-refractivity contribution in [1.29, 1.82) is 0 Å². The van der Waals surface area contributed by atoms with E-state index in [1.807, 2.05) is 26.0 Å². The molecular formula is C22H28ClN3O4S2. The van der Waals surface area contributed by atoms with Crippen LogP contribution < -0.4 is 10.2 Å². The molecule has 0 bridgehead atoms. The van der Waals surface area contributed by atoms with Crippen LogP contribution in [0, 0.1) is 0 Å². The van der Waals surface area contributed by atoms with E-state index in [0.717, 1.165) is 23.7 Å². The maximum Gasteiger partial charge on any atom is 0.243 e. The van der Waals surface area contributed by atoms with Gasteiger partial charge in [-0.25, -0.2) is 8.42 Å². The van der Waals surface area contributed by atoms with Crippen LogP contribution in [0.3, 0.4) is 0 Å². The van der Waals surface area contributed by atoms with E-state index in [1.54, 1.807) is 30.3 Å². The van der Waals surface area contributed by atoms with Gasteiger partial charge in [-0.1, -0.05) is 11.6 Å². The lowest BCUT2D eigenvalue weighted by Crippen LogP contribution is -2.40. The van der Waals surface area contributed by atoms with E-state index < -0.39 is 10.0 Å². The maximum absolute atomic E-state index is 13.1. The minimum Gasteiger partial charge on any atom is -0.379 e. The van der Waals surface area contributed by atoms with Gasteiger partial charge < -0.3 is 15.0 Å². The highest BCUT2D eigenvalue weighted by molar-refractivity contribution is 8.00. The summed E-state index contributed by atoms with van der Waals surface area (Å²) in [6.45, 7) is 6.89. The van der Waals surface area contributed by atoms with Gasteiger partial charge in [0.25, 0.3) is 0 Å². The number of amides is 1. The third kappa shape index (κ3) is 6.17. The van der Waals surface area contributed by atoms with Crippen molar-refractivity contribution in [2.75, 3.05) is 55.4 Å². The Morgan fingerprint density at radius 3 is 2.41 bits per heavy atom. The van der Waals surface area contributed by atoms with Gasteiger partial charge >= 0.3 is 0 Å². The first kappa shape index (κ1) is 24.9. The highest BCUT2D eigenvalue weighted by Crippen LogP contribution is 2.31. The summed E-state index contributed by atoms with van der Waals surface area (Å²) in [7, 11) is -3.67. The third-order valence-corrected chi connectivity index (χ3v) is 8.30. The molecule has 0 radical (unpaired) electrons. The number of anilines is 2. The van der Waals surface area contributed by atoms with Crippen LogP contribution in [-0.4, -0.2) is 63.8 Å². The van der Waals surface area contributed by atoms with Gasteiger partial charge in [0.2, 0.25) is 15.9 Å². The molecule has 7 nitrogen and oxygen atoms in total. The molecule has 1 aliphatic heterocycles. The van der Waals surface area contributed by atoms with Crippen molar-refractivity contribution in [2.45, 2.75) is 23.6 Å². The number of hydrogen-bond donors (Lipinski definition) is 1. The second-order valence-electron chi connectivity index (χ2n) is 7.16. The molecule has 32 heavy (non-hydrogen) atoms. The molecule has 2 aromatic carbocycles. The van der Waals surface area contributed by atoms with Crippen LogP contribution >= 0.6 is 23.4 Å². The second-order valence-corrected chi connectivity index (χ2v) is 10.6. The summed E-state index contributed by atoms with van der Waals surface area (Å²) in [5.41, 5.74) is 1.28. The summed E-state index contributed by atoms with van der Waals surface area (Å²) >= 11 is 7.30. The van der Waals surface area contributed by atoms with Crippen LogP contribution in [-0.2, 0) is 19.6 Å². The number of thioether (sulfide) groups is 1. The summed E-state index contributed by atoms with van der Waals surface area (Å²) in [5, 5.41) is 3.56. The van der Waals surface area contributed by atoms with Gasteiger partial charge in [-0.05, 0) is 56.3 Å². The van der Waals surface area contributed by atoms with Crippen molar-refractivity contribution in [3.05, 3.63) is 47.5 Å². The Morgan fingerprint density at radius 1 is 1.12 bits per heavy atom. The van der Waals surface area contributed by atoms with Crippen molar-refractivity contribution in [1.82, 2.24) is 4.31 Å². The molecule has 0 saturated carbocycles. The Labute approximate surface area is 199 Å². The van der Waals surface area contributed by atoms with E-state index in [0.29, 0.717) is 37.0 Å². The zero-order chi connectivity index (χ0) is 23.1. The Morgan fingerprint density at radius 2 is 1.78 bits per heavy atom. The van der Waals surface area contributed by atoms with Crippen molar-refractivity contribution < 1.29 is 17.9 Å². The number of carbonyl (C=O) groups excluding carboxylic acids is 1. The fourth-order valence-corrected chi connectivity index (χ4v) is 5.68. The molecule has 0 aliphatic carbocycles. The van der Waals surface area contributed by atoms with E-state index in [4.69, 9.17) is 16.3 Å². The summed E-state index contributed by atoms with van der Waals surface area (Å²) < 4.78 is 32.9. The normalized spacial score (nSPS) is 14.8. The average Bonchev–Trinajstić information content (AvgIpc) is 2.81. The lowest BCUT2D eigenvalue weighted by atomic mass is 10.2. The Bertz CT molecular complexity index is 1020. The number of morpholine rings is 1. The van der Waals surface area contributed by atoms with Gasteiger partial charge in [-0.3, -0.25) is 4.79 Å². The number of rotatable bonds is 9. The van der Waals surface area contributed by atoms with E-state index >= 15 is 0 Å². The van der Waals surface area contributed by atoms with Crippen molar-refractivity contribution in [3.8, 4) is 0 Å². The lowest BCUT2D eigenvalue weighted by Gasteiger charge is -2.28. The number of nitrogens with zero attached hydrogens (tertiary/aromatic N) is 2. The summed E-state index contributed by atoms with van der Waals surface area (Å²) in [4.78, 5) is 15.9. The van der Waals surface area contributed by atoms with E-state index in [2.05, 4.69) is 10.2 Å². The molecule has 0 atom stereocenters. The summed E-state index contributed by atoms with van der Waals surface area (Å²) in [6.07, 6.45) is 0. The molecule has 2 aromatic rings. The standard InChI is InChI=1S/C22H28ClN3O4S2/c1-3-25(4-2)21-10-9-19(32(28,29)26-11-13-30-14-12-26)15-20(21)24-22(27)16-31-18-7-5-17(23)6-8-18/h5-10,15H,3-4,11-14,16H2,1-2H3,(H,24,27). The van der Waals surface area contributed by atoms with Crippen molar-refractivity contribution in [2.24, 2.45) is 0 Å². The number of benzene rings is 2. The molecule has 1 heterocycles. The smallest absolute Gasteiger partial charge is 0.243 e. The number of sulfonamides is 1. The van der Waals surface area contributed by atoms with Gasteiger partial charge in [0, 0.05) is 36.1 Å². The molecule has 174 valence electrons. The maximum atomic E-state index is 13.1. The molecule has 0 spiro atoms. The van der Waals surface area contributed by atoms with Crippen LogP contribution in [0.5, 0.6) is 0 Å². The summed E-state index contributed by atoms with van der Waals surface area (Å²) in [6, 6.07) is 12.2. The van der Waals surface area contributed by atoms with Gasteiger partial charge in [0.1, 0.15) is 0 Å². The SMILES string of the molecule is CCN(CC)c1ccc(S(=O)(=O)N2CCOCC2)cc1NC(=O)CSc1ccc(Cl)cc1. The van der Waals surface area contributed by atoms with Crippen LogP contribution in [0.1, 0.15) is 13.8 Å². The number of hydrogen-bond acceptors (Lipinski definition) is 6. The van der Waals surface area contributed by atoms with Gasteiger partial charge in [0.05, 0.1) is 35.2 Å². The Kier molecular flexibility index (Phi) is 8.84. The third-order valence-electron chi connectivity index (χ3n) is 5.14. The van der Waals surface area contributed by atoms with Crippen molar-refractivity contribution in [3.63, 3.8) is 0 Å². The van der Waals surface area contributed by atoms with Crippen LogP contribution in [0.15, 0.2) is 52.3 Å². The largest absolute Gasteiger partial charge is 0.379 e. The minimum absolute atomic E-state index is 0.163. The second kappa shape index (κ2) is 11.4. The molecule has 10 heteroatoms. The van der Waals surface area contributed by atoms with Crippen LogP contribution in [0.2, 0.25) is 5.02 Å². The van der Waals surface area contributed by atoms with Gasteiger partial charge in [0.15, 0.2) is 0 Å². The molecule has 1 fully saturated rings. The first-order valence-electron chi connectivity index (χ1n) is 10.5. The highest BCUT2D eigenvalue weighted by atomic mass is 35.5. The topological polar surface area (TPSA) is 79.0 Å². The number of nitrogens with one attached hydrogen (secondary N) is 1. The Balaban J connectivity index is 1.82. The van der Waals surface area contributed by atoms with Crippen LogP contribution in [0.4, 0.5) is 11.4 Å². The molecule has 0 aromatic heterocycles. The molecular weight excluding hydrogens is 470 g/mol. The Hall–Kier alpha value is -1.78. The zero-order valence-corrected chi connectivity index (χ0v) is 20.6. The summed E-state index contributed by atoms with van der Waals surface area (Å²) in [5.74, 6) is -0.0148. The van der Waals surface area contributed by atoms with E-state index in [-0.39, 0.29) is 16.6 Å². The fourth-order valence-electron chi connectivity index (χ4n) is 3.42. The van der Waals surface area contributed by atoms with Crippen molar-refractivity contribution >= 4 is 50.7 Å². The quantitative estimate of drug-likeness (QED) is 0.529. The molecule has 1 aliphatic rings. The average molecular weight is 498 g/mol. The number of carbonyl (C=O) groups is 1. The van der Waals surface area contributed by atoms with Gasteiger partial charge in [-0.15, -0.1) is 11.8 Å².